The summed E-state index contributed by atoms with van der Waals surface area (Å²) in [4.78, 5) is 24.5. The van der Waals surface area contributed by atoms with Crippen molar-refractivity contribution in [2.45, 2.75) is 6.42 Å². The average molecular weight is 258 g/mol. The van der Waals surface area contributed by atoms with E-state index in [1.54, 1.807) is 17.0 Å². The molecule has 5 nitrogen and oxygen atoms in total. The normalized spacial score (nSPS) is 12.9. The summed E-state index contributed by atoms with van der Waals surface area (Å²) < 4.78 is 0. The fourth-order valence-electron chi connectivity index (χ4n) is 2.13. The van der Waals surface area contributed by atoms with Gasteiger partial charge in [0.25, 0.3) is 0 Å². The van der Waals surface area contributed by atoms with Crippen LogP contribution < -0.4 is 10.2 Å². The third-order valence-corrected chi connectivity index (χ3v) is 3.03. The van der Waals surface area contributed by atoms with Crippen LogP contribution in [0.25, 0.3) is 0 Å². The van der Waals surface area contributed by atoms with Gasteiger partial charge >= 0.3 is 5.97 Å². The maximum Gasteiger partial charge on any atom is 0.335 e. The van der Waals surface area contributed by atoms with Crippen LogP contribution in [0.15, 0.2) is 18.2 Å². The predicted molar refractivity (Wildman–Crippen MR) is 71.2 cm³/mol. The SMILES string of the molecule is C#CCNCC(=O)N1CCc2cc(C(=O)O)ccc21. The van der Waals surface area contributed by atoms with Crippen LogP contribution in [0.1, 0.15) is 15.9 Å². The Morgan fingerprint density at radius 2 is 2.26 bits per heavy atom. The second-order valence-corrected chi connectivity index (χ2v) is 4.25. The Morgan fingerprint density at radius 3 is 2.95 bits per heavy atom. The number of rotatable bonds is 4. The second kappa shape index (κ2) is 5.55. The fraction of sp³-hybridized carbons (Fsp3) is 0.286. The van der Waals surface area contributed by atoms with E-state index in [1.165, 1.54) is 6.07 Å². The number of carboxylic acid groups (broad SMARTS) is 1. The summed E-state index contributed by atoms with van der Waals surface area (Å²) in [7, 11) is 0. The van der Waals surface area contributed by atoms with Gasteiger partial charge in [-0.05, 0) is 30.2 Å². The molecule has 0 radical (unpaired) electrons. The number of terminal acetylenes is 1. The zero-order chi connectivity index (χ0) is 13.8. The molecule has 2 N–H and O–H groups in total. The number of nitrogens with one attached hydrogen (secondary N) is 1. The van der Waals surface area contributed by atoms with E-state index >= 15 is 0 Å². The summed E-state index contributed by atoms with van der Waals surface area (Å²) >= 11 is 0. The van der Waals surface area contributed by atoms with Crippen molar-refractivity contribution < 1.29 is 14.7 Å². The van der Waals surface area contributed by atoms with Crippen LogP contribution in [-0.4, -0.2) is 36.6 Å². The lowest BCUT2D eigenvalue weighted by Gasteiger charge is -2.17. The maximum absolute atomic E-state index is 12.0. The minimum atomic E-state index is -0.955. The van der Waals surface area contributed by atoms with E-state index in [1.807, 2.05) is 0 Å². The third-order valence-electron chi connectivity index (χ3n) is 3.03. The molecule has 0 aliphatic carbocycles. The van der Waals surface area contributed by atoms with Gasteiger partial charge in [0.05, 0.1) is 18.7 Å². The number of hydrogen-bond acceptors (Lipinski definition) is 3. The van der Waals surface area contributed by atoms with Gasteiger partial charge in [-0.2, -0.15) is 0 Å². The van der Waals surface area contributed by atoms with Crippen molar-refractivity contribution in [1.82, 2.24) is 5.32 Å². The van der Waals surface area contributed by atoms with Gasteiger partial charge < -0.3 is 10.0 Å². The molecule has 0 saturated heterocycles. The first-order valence-electron chi connectivity index (χ1n) is 5.94. The van der Waals surface area contributed by atoms with E-state index in [9.17, 15) is 9.59 Å². The minimum Gasteiger partial charge on any atom is -0.478 e. The van der Waals surface area contributed by atoms with Gasteiger partial charge in [0.15, 0.2) is 0 Å². The molecule has 1 aliphatic rings. The maximum atomic E-state index is 12.0. The van der Waals surface area contributed by atoms with Crippen LogP contribution >= 0.6 is 0 Å². The van der Waals surface area contributed by atoms with Gasteiger partial charge in [0.1, 0.15) is 0 Å². The number of carbonyl (C=O) groups is 2. The van der Waals surface area contributed by atoms with Gasteiger partial charge in [-0.15, -0.1) is 6.42 Å². The number of anilines is 1. The monoisotopic (exact) mass is 258 g/mol. The number of carbonyl (C=O) groups excluding carboxylic acids is 1. The zero-order valence-corrected chi connectivity index (χ0v) is 10.3. The van der Waals surface area contributed by atoms with Crippen LogP contribution in [0.2, 0.25) is 0 Å². The van der Waals surface area contributed by atoms with Gasteiger partial charge in [-0.1, -0.05) is 5.92 Å². The van der Waals surface area contributed by atoms with Crippen LogP contribution in [-0.2, 0) is 11.2 Å². The molecule has 0 spiro atoms. The standard InChI is InChI=1S/C14H14N2O3/c1-2-6-15-9-13(17)16-7-5-10-8-11(14(18)19)3-4-12(10)16/h1,3-4,8,15H,5-7,9H2,(H,18,19). The molecule has 1 heterocycles. The number of benzene rings is 1. The van der Waals surface area contributed by atoms with E-state index in [0.717, 1.165) is 11.3 Å². The molecule has 2 rings (SSSR count). The Morgan fingerprint density at radius 1 is 1.47 bits per heavy atom. The zero-order valence-electron chi connectivity index (χ0n) is 10.3. The van der Waals surface area contributed by atoms with Crippen molar-refractivity contribution in [3.05, 3.63) is 29.3 Å². The second-order valence-electron chi connectivity index (χ2n) is 4.25. The van der Waals surface area contributed by atoms with Crippen molar-refractivity contribution >= 4 is 17.6 Å². The van der Waals surface area contributed by atoms with Gasteiger partial charge in [-0.3, -0.25) is 10.1 Å². The van der Waals surface area contributed by atoms with Crippen molar-refractivity contribution in [3.8, 4) is 12.3 Å². The minimum absolute atomic E-state index is 0.0583. The number of carboxylic acids is 1. The van der Waals surface area contributed by atoms with E-state index in [4.69, 9.17) is 11.5 Å². The Bertz CT molecular complexity index is 560. The summed E-state index contributed by atoms with van der Waals surface area (Å²) in [6.07, 6.45) is 5.77. The van der Waals surface area contributed by atoms with Crippen LogP contribution in [0.3, 0.4) is 0 Å². The van der Waals surface area contributed by atoms with Crippen LogP contribution in [0.4, 0.5) is 5.69 Å². The van der Waals surface area contributed by atoms with Gasteiger partial charge in [0, 0.05) is 12.2 Å². The number of aromatic carboxylic acids is 1. The molecule has 1 amide bonds. The van der Waals surface area contributed by atoms with Crippen molar-refractivity contribution in [2.24, 2.45) is 0 Å². The van der Waals surface area contributed by atoms with Crippen LogP contribution in [0, 0.1) is 12.3 Å². The summed E-state index contributed by atoms with van der Waals surface area (Å²) in [6, 6.07) is 4.83. The van der Waals surface area contributed by atoms with E-state index in [2.05, 4.69) is 11.2 Å². The molecule has 0 atom stereocenters. The van der Waals surface area contributed by atoms with E-state index in [-0.39, 0.29) is 18.0 Å². The predicted octanol–water partition coefficient (Wildman–Crippen LogP) is 0.497. The summed E-state index contributed by atoms with van der Waals surface area (Å²) in [5.74, 6) is 1.39. The molecule has 1 aromatic carbocycles. The Hall–Kier alpha value is -2.32. The first-order valence-corrected chi connectivity index (χ1v) is 5.94. The lowest BCUT2D eigenvalue weighted by molar-refractivity contribution is -0.117. The van der Waals surface area contributed by atoms with Crippen molar-refractivity contribution in [2.75, 3.05) is 24.5 Å². The highest BCUT2D eigenvalue weighted by molar-refractivity contribution is 5.98. The van der Waals surface area contributed by atoms with E-state index < -0.39 is 5.97 Å². The number of hydrogen-bond donors (Lipinski definition) is 2. The number of nitrogens with zero attached hydrogens (tertiary/aromatic N) is 1. The lowest BCUT2D eigenvalue weighted by Crippen LogP contribution is -2.37. The van der Waals surface area contributed by atoms with Gasteiger partial charge in [0.2, 0.25) is 5.91 Å². The van der Waals surface area contributed by atoms with Gasteiger partial charge in [-0.25, -0.2) is 4.79 Å². The molecule has 0 fully saturated rings. The number of amides is 1. The topological polar surface area (TPSA) is 69.6 Å². The Kier molecular flexibility index (Phi) is 3.83. The molecule has 98 valence electrons. The highest BCUT2D eigenvalue weighted by Crippen LogP contribution is 2.28. The molecule has 0 aromatic heterocycles. The largest absolute Gasteiger partial charge is 0.478 e. The molecule has 1 aromatic rings. The molecular formula is C14H14N2O3. The molecule has 0 bridgehead atoms. The summed E-state index contributed by atoms with van der Waals surface area (Å²) in [5.41, 5.74) is 1.93. The van der Waals surface area contributed by atoms with E-state index in [0.29, 0.717) is 19.5 Å². The molecule has 1 aliphatic heterocycles. The molecule has 0 unspecified atom stereocenters. The Labute approximate surface area is 111 Å². The highest BCUT2D eigenvalue weighted by Gasteiger charge is 2.24. The van der Waals surface area contributed by atoms with Crippen molar-refractivity contribution in [3.63, 3.8) is 0 Å². The number of fused-ring (bicyclic) bond motifs is 1. The molecule has 19 heavy (non-hydrogen) atoms. The first kappa shape index (κ1) is 13.1. The first-order chi connectivity index (χ1) is 9.13. The summed E-state index contributed by atoms with van der Waals surface area (Å²) in [6.45, 7) is 1.11. The highest BCUT2D eigenvalue weighted by atomic mass is 16.4. The van der Waals surface area contributed by atoms with Crippen LogP contribution in [0.5, 0.6) is 0 Å². The average Bonchev–Trinajstić information content (AvgIpc) is 2.81. The summed E-state index contributed by atoms with van der Waals surface area (Å²) in [5, 5.41) is 11.8. The smallest absolute Gasteiger partial charge is 0.335 e. The molecule has 5 heteroatoms. The lowest BCUT2D eigenvalue weighted by atomic mass is 10.1. The molecular weight excluding hydrogens is 244 g/mol. The fourth-order valence-corrected chi connectivity index (χ4v) is 2.13. The third kappa shape index (κ3) is 2.75. The Balaban J connectivity index is 2.12. The van der Waals surface area contributed by atoms with Crippen molar-refractivity contribution in [1.29, 1.82) is 0 Å². The molecule has 0 saturated carbocycles. The quantitative estimate of drug-likeness (QED) is 0.609.